The van der Waals surface area contributed by atoms with Crippen molar-refractivity contribution >= 4 is 33.6 Å². The fourth-order valence-corrected chi connectivity index (χ4v) is 3.30. The Hall–Kier alpha value is -2.22. The predicted octanol–water partition coefficient (Wildman–Crippen LogP) is 3.70. The normalized spacial score (nSPS) is 14.5. The van der Waals surface area contributed by atoms with Crippen molar-refractivity contribution in [2.24, 2.45) is 0 Å². The van der Waals surface area contributed by atoms with Crippen LogP contribution in [0.4, 0.5) is 10.2 Å². The first-order chi connectivity index (χ1) is 12.0. The summed E-state index contributed by atoms with van der Waals surface area (Å²) in [7, 11) is 0. The van der Waals surface area contributed by atoms with E-state index in [1.165, 1.54) is 12.1 Å². The lowest BCUT2D eigenvalue weighted by Gasteiger charge is -2.14. The zero-order chi connectivity index (χ0) is 17.8. The average Bonchev–Trinajstić information content (AvgIpc) is 3.26. The second-order valence-corrected chi connectivity index (χ2v) is 6.70. The van der Waals surface area contributed by atoms with Crippen LogP contribution in [0, 0.1) is 5.82 Å². The maximum atomic E-state index is 13.2. The first-order valence-corrected chi connectivity index (χ1v) is 8.79. The van der Waals surface area contributed by atoms with E-state index in [0.29, 0.717) is 10.3 Å². The number of halogens is 2. The van der Waals surface area contributed by atoms with Gasteiger partial charge in [0.25, 0.3) is 5.91 Å². The molecule has 0 saturated heterocycles. The Balaban J connectivity index is 1.57. The van der Waals surface area contributed by atoms with Gasteiger partial charge in [0.2, 0.25) is 0 Å². The summed E-state index contributed by atoms with van der Waals surface area (Å²) in [6, 6.07) is 5.68. The van der Waals surface area contributed by atoms with E-state index in [0.717, 1.165) is 31.7 Å². The Morgan fingerprint density at radius 3 is 2.84 bits per heavy atom. The molecule has 3 rings (SSSR count). The third-order valence-corrected chi connectivity index (χ3v) is 4.78. The lowest BCUT2D eigenvalue weighted by Crippen LogP contribution is -2.23. The summed E-state index contributed by atoms with van der Waals surface area (Å²) in [5.74, 6) is -1.22. The van der Waals surface area contributed by atoms with Crippen molar-refractivity contribution in [2.45, 2.75) is 31.7 Å². The molecule has 1 amide bonds. The summed E-state index contributed by atoms with van der Waals surface area (Å²) in [5.41, 5.74) is 0.0313. The monoisotopic (exact) mass is 409 g/mol. The van der Waals surface area contributed by atoms with E-state index in [1.807, 2.05) is 0 Å². The molecule has 1 aliphatic rings. The Labute approximate surface area is 152 Å². The van der Waals surface area contributed by atoms with Gasteiger partial charge in [-0.05, 0) is 47.0 Å². The number of anilines is 1. The minimum Gasteiger partial charge on any atom is -0.452 e. The lowest BCUT2D eigenvalue weighted by atomic mass is 10.2. The van der Waals surface area contributed by atoms with Gasteiger partial charge in [0.1, 0.15) is 11.6 Å². The number of nitrogens with one attached hydrogen (secondary N) is 1. The van der Waals surface area contributed by atoms with Crippen molar-refractivity contribution in [3.63, 3.8) is 0 Å². The van der Waals surface area contributed by atoms with Crippen molar-refractivity contribution in [1.29, 1.82) is 0 Å². The van der Waals surface area contributed by atoms with E-state index in [4.69, 9.17) is 4.74 Å². The molecule has 25 heavy (non-hydrogen) atoms. The molecule has 132 valence electrons. The van der Waals surface area contributed by atoms with Gasteiger partial charge in [-0.25, -0.2) is 13.9 Å². The molecular weight excluding hydrogens is 393 g/mol. The Morgan fingerprint density at radius 1 is 1.32 bits per heavy atom. The minimum absolute atomic E-state index is 0.0313. The third kappa shape index (κ3) is 4.25. The molecule has 1 fully saturated rings. The fourth-order valence-electron chi connectivity index (χ4n) is 2.89. The topological polar surface area (TPSA) is 73.2 Å². The Kier molecular flexibility index (Phi) is 5.47. The molecule has 0 atom stereocenters. The van der Waals surface area contributed by atoms with E-state index < -0.39 is 24.3 Å². The number of nitrogens with zero attached hydrogens (tertiary/aromatic N) is 2. The average molecular weight is 410 g/mol. The smallest absolute Gasteiger partial charge is 0.339 e. The van der Waals surface area contributed by atoms with Crippen LogP contribution in [-0.2, 0) is 9.53 Å². The van der Waals surface area contributed by atoms with E-state index in [1.54, 1.807) is 16.9 Å². The standard InChI is InChI=1S/C17H17BrFN3O3/c18-14-6-5-11(19)9-13(14)17(24)25-10-16(23)21-15-7-8-20-22(15)12-3-1-2-4-12/h5-9,12H,1-4,10H2,(H,21,23). The maximum Gasteiger partial charge on any atom is 0.339 e. The quantitative estimate of drug-likeness (QED) is 0.764. The van der Waals surface area contributed by atoms with Gasteiger partial charge in [0.05, 0.1) is 17.8 Å². The molecule has 1 N–H and O–H groups in total. The van der Waals surface area contributed by atoms with Crippen molar-refractivity contribution in [3.8, 4) is 0 Å². The summed E-state index contributed by atoms with van der Waals surface area (Å²) >= 11 is 3.15. The molecule has 1 aliphatic carbocycles. The lowest BCUT2D eigenvalue weighted by molar-refractivity contribution is -0.119. The molecule has 1 aromatic heterocycles. The summed E-state index contributed by atoms with van der Waals surface area (Å²) in [4.78, 5) is 24.0. The molecule has 6 nitrogen and oxygen atoms in total. The molecule has 0 bridgehead atoms. The van der Waals surface area contributed by atoms with Gasteiger partial charge in [0.15, 0.2) is 6.61 Å². The van der Waals surface area contributed by atoms with Crippen molar-refractivity contribution in [2.75, 3.05) is 11.9 Å². The van der Waals surface area contributed by atoms with Crippen LogP contribution in [0.5, 0.6) is 0 Å². The summed E-state index contributed by atoms with van der Waals surface area (Å²) in [5, 5.41) is 6.96. The van der Waals surface area contributed by atoms with E-state index in [-0.39, 0.29) is 11.6 Å². The van der Waals surface area contributed by atoms with Crippen molar-refractivity contribution in [3.05, 3.63) is 46.3 Å². The van der Waals surface area contributed by atoms with Crippen LogP contribution in [-0.4, -0.2) is 28.3 Å². The highest BCUT2D eigenvalue weighted by Crippen LogP contribution is 2.31. The number of hydrogen-bond donors (Lipinski definition) is 1. The summed E-state index contributed by atoms with van der Waals surface area (Å²) in [6.07, 6.45) is 6.00. The number of rotatable bonds is 5. The van der Waals surface area contributed by atoms with Gasteiger partial charge >= 0.3 is 5.97 Å². The molecule has 0 aliphatic heterocycles. The summed E-state index contributed by atoms with van der Waals surface area (Å²) < 4.78 is 20.4. The number of amides is 1. The molecule has 1 aromatic carbocycles. The van der Waals surface area contributed by atoms with E-state index in [9.17, 15) is 14.0 Å². The van der Waals surface area contributed by atoms with Crippen molar-refractivity contribution in [1.82, 2.24) is 9.78 Å². The van der Waals surface area contributed by atoms with Gasteiger partial charge in [-0.2, -0.15) is 5.10 Å². The highest BCUT2D eigenvalue weighted by atomic mass is 79.9. The highest BCUT2D eigenvalue weighted by Gasteiger charge is 2.21. The number of ether oxygens (including phenoxy) is 1. The van der Waals surface area contributed by atoms with E-state index in [2.05, 4.69) is 26.3 Å². The molecule has 2 aromatic rings. The molecule has 8 heteroatoms. The predicted molar refractivity (Wildman–Crippen MR) is 92.7 cm³/mol. The number of esters is 1. The molecule has 1 saturated carbocycles. The van der Waals surface area contributed by atoms with Gasteiger partial charge in [0, 0.05) is 10.5 Å². The van der Waals surface area contributed by atoms with Gasteiger partial charge in [-0.1, -0.05) is 12.8 Å². The molecular formula is C17H17BrFN3O3. The van der Waals surface area contributed by atoms with E-state index >= 15 is 0 Å². The number of hydrogen-bond acceptors (Lipinski definition) is 4. The number of carbonyl (C=O) groups excluding carboxylic acids is 2. The maximum absolute atomic E-state index is 13.2. The zero-order valence-corrected chi connectivity index (χ0v) is 15.0. The Morgan fingerprint density at radius 2 is 2.08 bits per heavy atom. The molecule has 0 unspecified atom stereocenters. The highest BCUT2D eigenvalue weighted by molar-refractivity contribution is 9.10. The number of benzene rings is 1. The molecule has 1 heterocycles. The Bertz CT molecular complexity index is 787. The minimum atomic E-state index is -0.772. The van der Waals surface area contributed by atoms with Crippen molar-refractivity contribution < 1.29 is 18.7 Å². The fraction of sp³-hybridized carbons (Fsp3) is 0.353. The second kappa shape index (κ2) is 7.77. The van der Waals surface area contributed by atoms with Crippen LogP contribution in [0.25, 0.3) is 0 Å². The molecule has 0 spiro atoms. The van der Waals surface area contributed by atoms with Crippen LogP contribution < -0.4 is 5.32 Å². The number of aromatic nitrogens is 2. The molecule has 0 radical (unpaired) electrons. The zero-order valence-electron chi connectivity index (χ0n) is 13.4. The first kappa shape index (κ1) is 17.6. The van der Waals surface area contributed by atoms with Gasteiger partial charge < -0.3 is 10.1 Å². The van der Waals surface area contributed by atoms with Gasteiger partial charge in [-0.3, -0.25) is 4.79 Å². The first-order valence-electron chi connectivity index (χ1n) is 8.00. The third-order valence-electron chi connectivity index (χ3n) is 4.09. The van der Waals surface area contributed by atoms with Crippen LogP contribution in [0.15, 0.2) is 34.9 Å². The van der Waals surface area contributed by atoms with Crippen LogP contribution in [0.1, 0.15) is 42.1 Å². The van der Waals surface area contributed by atoms with Crippen LogP contribution in [0.3, 0.4) is 0 Å². The SMILES string of the molecule is O=C(COC(=O)c1cc(F)ccc1Br)Nc1ccnn1C1CCCC1. The van der Waals surface area contributed by atoms with Crippen LogP contribution in [0.2, 0.25) is 0 Å². The van der Waals surface area contributed by atoms with Gasteiger partial charge in [-0.15, -0.1) is 0 Å². The summed E-state index contributed by atoms with van der Waals surface area (Å²) in [6.45, 7) is -0.461. The second-order valence-electron chi connectivity index (χ2n) is 5.85. The number of carbonyl (C=O) groups is 2. The largest absolute Gasteiger partial charge is 0.452 e. The van der Waals surface area contributed by atoms with Crippen LogP contribution >= 0.6 is 15.9 Å².